The van der Waals surface area contributed by atoms with Gasteiger partial charge >= 0.3 is 0 Å². The molecule has 0 unspecified atom stereocenters. The number of rotatable bonds is 8. The van der Waals surface area contributed by atoms with Crippen molar-refractivity contribution in [1.29, 1.82) is 0 Å². The van der Waals surface area contributed by atoms with Crippen molar-refractivity contribution < 1.29 is 9.59 Å². The number of benzene rings is 1. The third-order valence-electron chi connectivity index (χ3n) is 3.62. The third-order valence-corrected chi connectivity index (χ3v) is 3.62. The Morgan fingerprint density at radius 3 is 2.75 bits per heavy atom. The maximum absolute atomic E-state index is 12.4. The second-order valence-electron chi connectivity index (χ2n) is 5.59. The third kappa shape index (κ3) is 5.19. The molecule has 2 aromatic rings. The predicted octanol–water partition coefficient (Wildman–Crippen LogP) is 1.85. The topological polar surface area (TPSA) is 80.1 Å². The first kappa shape index (κ1) is 17.7. The molecular weight excluding hydrogens is 306 g/mol. The van der Waals surface area contributed by atoms with Crippen LogP contribution in [0.2, 0.25) is 0 Å². The van der Waals surface area contributed by atoms with Crippen molar-refractivity contribution in [1.82, 2.24) is 19.7 Å². The van der Waals surface area contributed by atoms with E-state index in [0.29, 0.717) is 19.5 Å². The summed E-state index contributed by atoms with van der Waals surface area (Å²) in [5.41, 5.74) is 1.76. The van der Waals surface area contributed by atoms with E-state index in [1.54, 1.807) is 15.9 Å². The highest BCUT2D eigenvalue weighted by Gasteiger charge is 2.17. The number of carbonyl (C=O) groups excluding carboxylic acids is 2. The molecule has 2 amide bonds. The molecule has 0 aliphatic carbocycles. The van der Waals surface area contributed by atoms with Gasteiger partial charge in [0.1, 0.15) is 12.7 Å². The number of nitrogens with zero attached hydrogens (tertiary/aromatic N) is 4. The number of aryl methyl sites for hydroxylation is 2. The van der Waals surface area contributed by atoms with Gasteiger partial charge in [-0.1, -0.05) is 25.1 Å². The van der Waals surface area contributed by atoms with E-state index in [1.165, 1.54) is 6.33 Å². The minimum Gasteiger partial charge on any atom is -0.333 e. The second kappa shape index (κ2) is 8.81. The van der Waals surface area contributed by atoms with Crippen LogP contribution in [0.15, 0.2) is 36.9 Å². The van der Waals surface area contributed by atoms with E-state index in [0.717, 1.165) is 17.7 Å². The van der Waals surface area contributed by atoms with Gasteiger partial charge in [0.25, 0.3) is 0 Å². The van der Waals surface area contributed by atoms with E-state index in [4.69, 9.17) is 0 Å². The molecule has 7 nitrogen and oxygen atoms in total. The fraction of sp³-hybridized carbons (Fsp3) is 0.412. The highest BCUT2D eigenvalue weighted by Crippen LogP contribution is 2.13. The summed E-state index contributed by atoms with van der Waals surface area (Å²) in [5.74, 6) is -0.251. The number of carbonyl (C=O) groups is 2. The number of aromatic nitrogens is 3. The summed E-state index contributed by atoms with van der Waals surface area (Å²) in [7, 11) is 0. The molecule has 2 rings (SSSR count). The van der Waals surface area contributed by atoms with Crippen molar-refractivity contribution in [3.05, 3.63) is 42.5 Å². The highest BCUT2D eigenvalue weighted by atomic mass is 16.2. The standard InChI is InChI=1S/C17H23N5O2/c1-3-9-21(17(24)8-10-22-13-18-12-19-22)11-16(23)20-15-7-5-4-6-14(15)2/h4-7,12-13H,3,8-11H2,1-2H3,(H,20,23). The molecular formula is C17H23N5O2. The minimum absolute atomic E-state index is 0.0539. The summed E-state index contributed by atoms with van der Waals surface area (Å²) in [6, 6.07) is 7.57. The number of hydrogen-bond acceptors (Lipinski definition) is 4. The fourth-order valence-corrected chi connectivity index (χ4v) is 2.35. The molecule has 1 N–H and O–H groups in total. The quantitative estimate of drug-likeness (QED) is 0.801. The normalized spacial score (nSPS) is 10.4. The largest absolute Gasteiger partial charge is 0.333 e. The van der Waals surface area contributed by atoms with Crippen molar-refractivity contribution >= 4 is 17.5 Å². The maximum Gasteiger partial charge on any atom is 0.244 e. The lowest BCUT2D eigenvalue weighted by Crippen LogP contribution is -2.39. The summed E-state index contributed by atoms with van der Waals surface area (Å²) in [6.07, 6.45) is 4.10. The van der Waals surface area contributed by atoms with Gasteiger partial charge in [-0.05, 0) is 25.0 Å². The zero-order chi connectivity index (χ0) is 17.4. The second-order valence-corrected chi connectivity index (χ2v) is 5.59. The Balaban J connectivity index is 1.90. The van der Waals surface area contributed by atoms with Crippen molar-refractivity contribution in [2.75, 3.05) is 18.4 Å². The molecule has 0 aliphatic rings. The average Bonchev–Trinajstić information content (AvgIpc) is 3.08. The molecule has 0 atom stereocenters. The van der Waals surface area contributed by atoms with Gasteiger partial charge in [0.2, 0.25) is 11.8 Å². The fourth-order valence-electron chi connectivity index (χ4n) is 2.35. The molecule has 0 fully saturated rings. The maximum atomic E-state index is 12.4. The number of amides is 2. The van der Waals surface area contributed by atoms with Crippen LogP contribution in [0.4, 0.5) is 5.69 Å². The van der Waals surface area contributed by atoms with E-state index >= 15 is 0 Å². The van der Waals surface area contributed by atoms with Gasteiger partial charge in [-0.15, -0.1) is 0 Å². The zero-order valence-electron chi connectivity index (χ0n) is 14.1. The first-order valence-corrected chi connectivity index (χ1v) is 8.05. The molecule has 1 aromatic heterocycles. The van der Waals surface area contributed by atoms with E-state index in [2.05, 4.69) is 15.4 Å². The van der Waals surface area contributed by atoms with Crippen LogP contribution in [0.5, 0.6) is 0 Å². The van der Waals surface area contributed by atoms with Gasteiger partial charge in [-0.25, -0.2) is 4.98 Å². The smallest absolute Gasteiger partial charge is 0.244 e. The first-order chi connectivity index (χ1) is 11.6. The zero-order valence-corrected chi connectivity index (χ0v) is 14.1. The lowest BCUT2D eigenvalue weighted by atomic mass is 10.2. The first-order valence-electron chi connectivity index (χ1n) is 8.05. The van der Waals surface area contributed by atoms with Gasteiger partial charge in [0.05, 0.1) is 13.1 Å². The Labute approximate surface area is 141 Å². The van der Waals surface area contributed by atoms with Crippen molar-refractivity contribution in [2.24, 2.45) is 0 Å². The SMILES string of the molecule is CCCN(CC(=O)Nc1ccccc1C)C(=O)CCn1cncn1. The summed E-state index contributed by atoms with van der Waals surface area (Å²) >= 11 is 0. The summed E-state index contributed by atoms with van der Waals surface area (Å²) < 4.78 is 1.61. The van der Waals surface area contributed by atoms with Crippen LogP contribution in [0.25, 0.3) is 0 Å². The molecule has 0 bridgehead atoms. The van der Waals surface area contributed by atoms with Crippen molar-refractivity contribution in [2.45, 2.75) is 33.2 Å². The van der Waals surface area contributed by atoms with Gasteiger partial charge in [0, 0.05) is 18.7 Å². The van der Waals surface area contributed by atoms with Crippen LogP contribution in [0.3, 0.4) is 0 Å². The van der Waals surface area contributed by atoms with Crippen LogP contribution in [-0.4, -0.2) is 44.6 Å². The van der Waals surface area contributed by atoms with Crippen molar-refractivity contribution in [3.8, 4) is 0 Å². The molecule has 0 spiro atoms. The monoisotopic (exact) mass is 329 g/mol. The Morgan fingerprint density at radius 1 is 1.29 bits per heavy atom. The molecule has 0 aliphatic heterocycles. The molecule has 0 radical (unpaired) electrons. The predicted molar refractivity (Wildman–Crippen MR) is 91.3 cm³/mol. The summed E-state index contributed by atoms with van der Waals surface area (Å²) in [4.78, 5) is 30.1. The van der Waals surface area contributed by atoms with Gasteiger partial charge in [-0.3, -0.25) is 14.3 Å². The van der Waals surface area contributed by atoms with E-state index < -0.39 is 0 Å². The molecule has 7 heteroatoms. The van der Waals surface area contributed by atoms with E-state index in [9.17, 15) is 9.59 Å². The number of nitrogens with one attached hydrogen (secondary N) is 1. The average molecular weight is 329 g/mol. The lowest BCUT2D eigenvalue weighted by molar-refractivity contribution is -0.135. The van der Waals surface area contributed by atoms with E-state index in [1.807, 2.05) is 38.1 Å². The number of para-hydroxylation sites is 1. The Kier molecular flexibility index (Phi) is 6.48. The highest BCUT2D eigenvalue weighted by molar-refractivity contribution is 5.95. The molecule has 1 aromatic carbocycles. The van der Waals surface area contributed by atoms with Crippen LogP contribution < -0.4 is 5.32 Å². The molecule has 1 heterocycles. The summed E-state index contributed by atoms with van der Waals surface area (Å²) in [5, 5.41) is 6.84. The Morgan fingerprint density at radius 2 is 2.08 bits per heavy atom. The van der Waals surface area contributed by atoms with Crippen LogP contribution in [0, 0.1) is 6.92 Å². The van der Waals surface area contributed by atoms with Crippen molar-refractivity contribution in [3.63, 3.8) is 0 Å². The molecule has 24 heavy (non-hydrogen) atoms. The lowest BCUT2D eigenvalue weighted by Gasteiger charge is -2.22. The van der Waals surface area contributed by atoms with Gasteiger partial charge in [0.15, 0.2) is 0 Å². The Hall–Kier alpha value is -2.70. The van der Waals surface area contributed by atoms with Gasteiger partial charge < -0.3 is 10.2 Å². The minimum atomic E-state index is -0.188. The number of hydrogen-bond donors (Lipinski definition) is 1. The molecule has 128 valence electrons. The van der Waals surface area contributed by atoms with Crippen LogP contribution in [-0.2, 0) is 16.1 Å². The number of anilines is 1. The van der Waals surface area contributed by atoms with Crippen LogP contribution in [0.1, 0.15) is 25.3 Å². The Bertz CT molecular complexity index is 669. The summed E-state index contributed by atoms with van der Waals surface area (Å²) in [6.45, 7) is 4.98. The van der Waals surface area contributed by atoms with E-state index in [-0.39, 0.29) is 18.4 Å². The molecule has 0 saturated carbocycles. The van der Waals surface area contributed by atoms with Gasteiger partial charge in [-0.2, -0.15) is 5.10 Å². The molecule has 0 saturated heterocycles. The van der Waals surface area contributed by atoms with Crippen LogP contribution >= 0.6 is 0 Å².